The van der Waals surface area contributed by atoms with E-state index in [2.05, 4.69) is 21.7 Å². The summed E-state index contributed by atoms with van der Waals surface area (Å²) in [6, 6.07) is 4.01. The molecule has 17 heavy (non-hydrogen) atoms. The van der Waals surface area contributed by atoms with Gasteiger partial charge >= 0.3 is 0 Å². The fourth-order valence-electron chi connectivity index (χ4n) is 2.28. The molecule has 0 aliphatic carbocycles. The molecular formula is C12H15N2O2P. The largest absolute Gasteiger partial charge is 0.486 e. The molecule has 4 nitrogen and oxygen atoms in total. The Morgan fingerprint density at radius 2 is 2.12 bits per heavy atom. The molecule has 2 aromatic rings. The molecule has 1 aliphatic heterocycles. The Morgan fingerprint density at radius 1 is 1.29 bits per heavy atom. The number of benzene rings is 1. The minimum Gasteiger partial charge on any atom is -0.486 e. The molecule has 0 bridgehead atoms. The van der Waals surface area contributed by atoms with Gasteiger partial charge in [0.25, 0.3) is 0 Å². The van der Waals surface area contributed by atoms with E-state index >= 15 is 0 Å². The standard InChI is InChI=1S/C12H15N2O2P/c13-4-3-8-7-14(17)9-1-2-10-12(11(8)9)16-6-5-15-10/h1-2,7H,3-6,13,17H2. The van der Waals surface area contributed by atoms with Crippen molar-refractivity contribution >= 4 is 20.3 Å². The minimum atomic E-state index is 0.607. The van der Waals surface area contributed by atoms with Gasteiger partial charge in [-0.2, -0.15) is 0 Å². The maximum absolute atomic E-state index is 5.75. The molecule has 0 fully saturated rings. The molecule has 0 saturated carbocycles. The highest BCUT2D eigenvalue weighted by molar-refractivity contribution is 7.14. The van der Waals surface area contributed by atoms with Gasteiger partial charge in [-0.05, 0) is 40.1 Å². The highest BCUT2D eigenvalue weighted by atomic mass is 31.0. The summed E-state index contributed by atoms with van der Waals surface area (Å²) in [5.74, 6) is 1.69. The minimum absolute atomic E-state index is 0.607. The van der Waals surface area contributed by atoms with Gasteiger partial charge in [-0.15, -0.1) is 0 Å². The van der Waals surface area contributed by atoms with Crippen LogP contribution in [0.1, 0.15) is 5.56 Å². The molecule has 1 aromatic carbocycles. The third-order valence-corrected chi connectivity index (χ3v) is 3.42. The highest BCUT2D eigenvalue weighted by Crippen LogP contribution is 2.40. The Morgan fingerprint density at radius 3 is 2.94 bits per heavy atom. The number of nitrogens with two attached hydrogens (primary N) is 1. The van der Waals surface area contributed by atoms with E-state index in [-0.39, 0.29) is 0 Å². The smallest absolute Gasteiger partial charge is 0.171 e. The Hall–Kier alpha value is -1.25. The number of fused-ring (bicyclic) bond motifs is 3. The molecule has 0 saturated heterocycles. The lowest BCUT2D eigenvalue weighted by Gasteiger charge is -2.19. The van der Waals surface area contributed by atoms with Crippen LogP contribution in [-0.4, -0.2) is 24.1 Å². The first kappa shape index (κ1) is 10.9. The van der Waals surface area contributed by atoms with E-state index in [1.165, 1.54) is 5.56 Å². The normalized spacial score (nSPS) is 14.2. The first-order valence-electron chi connectivity index (χ1n) is 5.69. The van der Waals surface area contributed by atoms with E-state index in [0.29, 0.717) is 19.8 Å². The monoisotopic (exact) mass is 250 g/mol. The van der Waals surface area contributed by atoms with Crippen molar-refractivity contribution in [1.82, 2.24) is 4.34 Å². The summed E-state index contributed by atoms with van der Waals surface area (Å²) in [6.45, 7) is 1.86. The van der Waals surface area contributed by atoms with Crippen LogP contribution in [-0.2, 0) is 6.42 Å². The molecule has 1 atom stereocenters. The van der Waals surface area contributed by atoms with Crippen molar-refractivity contribution < 1.29 is 9.47 Å². The summed E-state index contributed by atoms with van der Waals surface area (Å²) in [6.07, 6.45) is 2.93. The van der Waals surface area contributed by atoms with E-state index < -0.39 is 0 Å². The molecule has 0 spiro atoms. The van der Waals surface area contributed by atoms with Crippen molar-refractivity contribution in [2.24, 2.45) is 5.73 Å². The molecule has 1 unspecified atom stereocenters. The average Bonchev–Trinajstić information content (AvgIpc) is 2.67. The lowest BCUT2D eigenvalue weighted by Crippen LogP contribution is -2.15. The van der Waals surface area contributed by atoms with Crippen LogP contribution >= 0.6 is 9.39 Å². The zero-order chi connectivity index (χ0) is 11.8. The summed E-state index contributed by atoms with van der Waals surface area (Å²) in [5.41, 5.74) is 7.98. The van der Waals surface area contributed by atoms with Crippen molar-refractivity contribution in [3.63, 3.8) is 0 Å². The van der Waals surface area contributed by atoms with E-state index in [9.17, 15) is 0 Å². The van der Waals surface area contributed by atoms with Crippen LogP contribution in [0.2, 0.25) is 0 Å². The SMILES string of the molecule is NCCc1cn(P)c2ccc3c(c12)OCCO3. The maximum atomic E-state index is 5.75. The van der Waals surface area contributed by atoms with E-state index in [1.807, 2.05) is 10.4 Å². The number of ether oxygens (including phenoxy) is 2. The van der Waals surface area contributed by atoms with Crippen molar-refractivity contribution in [3.8, 4) is 11.5 Å². The van der Waals surface area contributed by atoms with Gasteiger partial charge in [-0.3, -0.25) is 0 Å². The van der Waals surface area contributed by atoms with Crippen molar-refractivity contribution in [2.75, 3.05) is 19.8 Å². The van der Waals surface area contributed by atoms with Gasteiger partial charge in [-0.1, -0.05) is 0 Å². The number of rotatable bonds is 2. The van der Waals surface area contributed by atoms with Crippen LogP contribution < -0.4 is 15.2 Å². The topological polar surface area (TPSA) is 49.4 Å². The number of hydrogen-bond donors (Lipinski definition) is 1. The Bertz CT molecular complexity index is 565. The average molecular weight is 250 g/mol. The first-order chi connectivity index (χ1) is 8.31. The molecule has 1 aromatic heterocycles. The molecule has 90 valence electrons. The van der Waals surface area contributed by atoms with Gasteiger partial charge in [0.1, 0.15) is 13.2 Å². The lowest BCUT2D eigenvalue weighted by molar-refractivity contribution is 0.174. The van der Waals surface area contributed by atoms with E-state index in [0.717, 1.165) is 28.8 Å². The lowest BCUT2D eigenvalue weighted by atomic mass is 10.1. The van der Waals surface area contributed by atoms with E-state index in [4.69, 9.17) is 15.2 Å². The molecule has 0 amide bonds. The predicted octanol–water partition coefficient (Wildman–Crippen LogP) is 1.55. The van der Waals surface area contributed by atoms with Gasteiger partial charge < -0.3 is 19.5 Å². The highest BCUT2D eigenvalue weighted by Gasteiger charge is 2.19. The van der Waals surface area contributed by atoms with Crippen LogP contribution in [0.15, 0.2) is 18.3 Å². The maximum Gasteiger partial charge on any atom is 0.171 e. The molecule has 3 rings (SSSR count). The van der Waals surface area contributed by atoms with Crippen LogP contribution in [0.5, 0.6) is 11.5 Å². The third kappa shape index (κ3) is 1.68. The van der Waals surface area contributed by atoms with Crippen molar-refractivity contribution in [2.45, 2.75) is 6.42 Å². The van der Waals surface area contributed by atoms with Crippen LogP contribution in [0.3, 0.4) is 0 Å². The fraction of sp³-hybridized carbons (Fsp3) is 0.333. The zero-order valence-corrected chi connectivity index (χ0v) is 10.6. The summed E-state index contributed by atoms with van der Waals surface area (Å²) < 4.78 is 13.4. The van der Waals surface area contributed by atoms with Gasteiger partial charge in [0.15, 0.2) is 11.5 Å². The zero-order valence-electron chi connectivity index (χ0n) is 9.48. The number of hydrogen-bond acceptors (Lipinski definition) is 3. The number of nitrogens with zero attached hydrogens (tertiary/aromatic N) is 1. The fourth-order valence-corrected chi connectivity index (χ4v) is 2.67. The summed E-state index contributed by atoms with van der Waals surface area (Å²) >= 11 is 0. The van der Waals surface area contributed by atoms with E-state index in [1.54, 1.807) is 0 Å². The van der Waals surface area contributed by atoms with Crippen LogP contribution in [0, 0.1) is 0 Å². The summed E-state index contributed by atoms with van der Waals surface area (Å²) in [4.78, 5) is 0. The molecule has 2 heterocycles. The molecule has 1 aliphatic rings. The molecule has 0 radical (unpaired) electrons. The molecular weight excluding hydrogens is 235 g/mol. The first-order valence-corrected chi connectivity index (χ1v) is 6.20. The Kier molecular flexibility index (Phi) is 2.69. The van der Waals surface area contributed by atoms with Gasteiger partial charge in [0, 0.05) is 11.6 Å². The molecule has 5 heteroatoms. The van der Waals surface area contributed by atoms with Crippen LogP contribution in [0.4, 0.5) is 0 Å². The van der Waals surface area contributed by atoms with Gasteiger partial charge in [0.05, 0.1) is 5.52 Å². The Labute approximate surface area is 102 Å². The van der Waals surface area contributed by atoms with Crippen LogP contribution in [0.25, 0.3) is 10.9 Å². The second-order valence-electron chi connectivity index (χ2n) is 4.08. The van der Waals surface area contributed by atoms with Gasteiger partial charge in [0.2, 0.25) is 0 Å². The number of aromatic nitrogens is 1. The van der Waals surface area contributed by atoms with Crippen molar-refractivity contribution in [3.05, 3.63) is 23.9 Å². The quantitative estimate of drug-likeness (QED) is 0.823. The second kappa shape index (κ2) is 4.21. The molecule has 2 N–H and O–H groups in total. The second-order valence-corrected chi connectivity index (χ2v) is 4.64. The van der Waals surface area contributed by atoms with Crippen molar-refractivity contribution in [1.29, 1.82) is 0 Å². The third-order valence-electron chi connectivity index (χ3n) is 2.99. The summed E-state index contributed by atoms with van der Waals surface area (Å²) in [5, 5.41) is 1.13. The Balaban J connectivity index is 2.28. The predicted molar refractivity (Wildman–Crippen MR) is 70.8 cm³/mol. The summed E-state index contributed by atoms with van der Waals surface area (Å²) in [7, 11) is 2.69. The van der Waals surface area contributed by atoms with Gasteiger partial charge in [-0.25, -0.2) is 0 Å².